The van der Waals surface area contributed by atoms with Gasteiger partial charge in [0.05, 0.1) is 22.9 Å². The fourth-order valence-electron chi connectivity index (χ4n) is 3.78. The molecule has 25 heavy (non-hydrogen) atoms. The minimum atomic E-state index is -4.66. The highest BCUT2D eigenvalue weighted by Gasteiger charge is 2.48. The van der Waals surface area contributed by atoms with E-state index in [1.54, 1.807) is 0 Å². The molecule has 1 heterocycles. The summed E-state index contributed by atoms with van der Waals surface area (Å²) in [6.45, 7) is 0. The number of alkyl halides is 3. The lowest BCUT2D eigenvalue weighted by molar-refractivity contribution is -0.139. The molecule has 0 amide bonds. The van der Waals surface area contributed by atoms with Crippen LogP contribution in [0.3, 0.4) is 0 Å². The second kappa shape index (κ2) is 6.28. The van der Waals surface area contributed by atoms with E-state index < -0.39 is 45.1 Å². The molecule has 138 valence electrons. The van der Waals surface area contributed by atoms with Gasteiger partial charge in [-0.1, -0.05) is 25.3 Å². The normalized spacial score (nSPS) is 24.2. The Hall–Kier alpha value is -1.61. The van der Waals surface area contributed by atoms with Crippen LogP contribution in [0.5, 0.6) is 0 Å². The Labute approximate surface area is 143 Å². The maximum atomic E-state index is 13.0. The summed E-state index contributed by atoms with van der Waals surface area (Å²) >= 11 is 0. The Balaban J connectivity index is 2.11. The Morgan fingerprint density at radius 3 is 2.40 bits per heavy atom. The van der Waals surface area contributed by atoms with Crippen molar-refractivity contribution in [3.8, 4) is 0 Å². The van der Waals surface area contributed by atoms with Crippen LogP contribution in [0.15, 0.2) is 23.1 Å². The van der Waals surface area contributed by atoms with E-state index in [-0.39, 0.29) is 11.6 Å². The van der Waals surface area contributed by atoms with Crippen LogP contribution in [0.2, 0.25) is 0 Å². The number of hydrogen-bond donors (Lipinski definition) is 1. The van der Waals surface area contributed by atoms with Crippen molar-refractivity contribution in [1.29, 1.82) is 0 Å². The van der Waals surface area contributed by atoms with Gasteiger partial charge in [-0.3, -0.25) is 4.79 Å². The van der Waals surface area contributed by atoms with Crippen LogP contribution in [0, 0.1) is 0 Å². The average Bonchev–Trinajstić information content (AvgIpc) is 2.74. The van der Waals surface area contributed by atoms with Crippen LogP contribution in [-0.4, -0.2) is 29.8 Å². The maximum Gasteiger partial charge on any atom is 0.416 e. The van der Waals surface area contributed by atoms with Gasteiger partial charge in [0.25, 0.3) is 0 Å². The zero-order valence-electron chi connectivity index (χ0n) is 13.3. The molecule has 1 aliphatic heterocycles. The molecule has 1 aliphatic carbocycles. The Morgan fingerprint density at radius 1 is 1.20 bits per heavy atom. The molecule has 9 heteroatoms. The highest BCUT2D eigenvalue weighted by Crippen LogP contribution is 2.46. The predicted octanol–water partition coefficient (Wildman–Crippen LogP) is 3.56. The summed E-state index contributed by atoms with van der Waals surface area (Å²) in [4.78, 5) is 10.8. The van der Waals surface area contributed by atoms with Crippen molar-refractivity contribution in [1.82, 2.24) is 4.31 Å². The van der Waals surface area contributed by atoms with Crippen molar-refractivity contribution in [3.63, 3.8) is 0 Å². The van der Waals surface area contributed by atoms with Gasteiger partial charge in [-0.05, 0) is 30.5 Å². The standard InChI is InChI=1S/C16H18F3NO4S/c17-16(18,19)10-6-7-12-13(9-15(21)22)20(11-4-2-1-3-5-11)25(23,24)14(12)8-10/h6-8,11,13H,1-5,9H2,(H,21,22)/t13-/m0/s1. The van der Waals surface area contributed by atoms with Gasteiger partial charge in [0.15, 0.2) is 0 Å². The highest BCUT2D eigenvalue weighted by molar-refractivity contribution is 7.89. The number of halogens is 3. The van der Waals surface area contributed by atoms with Crippen LogP contribution in [0.4, 0.5) is 13.2 Å². The molecular formula is C16H18F3NO4S. The molecule has 5 nitrogen and oxygen atoms in total. The van der Waals surface area contributed by atoms with E-state index in [0.717, 1.165) is 35.7 Å². The molecule has 2 aliphatic rings. The van der Waals surface area contributed by atoms with E-state index in [9.17, 15) is 26.4 Å². The van der Waals surface area contributed by atoms with Gasteiger partial charge in [-0.15, -0.1) is 0 Å². The zero-order valence-corrected chi connectivity index (χ0v) is 14.1. The van der Waals surface area contributed by atoms with Crippen molar-refractivity contribution in [3.05, 3.63) is 29.3 Å². The van der Waals surface area contributed by atoms with Gasteiger partial charge in [0, 0.05) is 6.04 Å². The van der Waals surface area contributed by atoms with Crippen molar-refractivity contribution in [2.75, 3.05) is 0 Å². The van der Waals surface area contributed by atoms with Gasteiger partial charge < -0.3 is 5.11 Å². The van der Waals surface area contributed by atoms with Crippen LogP contribution in [-0.2, 0) is 21.0 Å². The third kappa shape index (κ3) is 3.27. The molecule has 0 radical (unpaired) electrons. The fraction of sp³-hybridized carbons (Fsp3) is 0.562. The monoisotopic (exact) mass is 377 g/mol. The lowest BCUT2D eigenvalue weighted by Gasteiger charge is -2.33. The molecule has 1 atom stereocenters. The lowest BCUT2D eigenvalue weighted by Crippen LogP contribution is -2.40. The predicted molar refractivity (Wildman–Crippen MR) is 82.3 cm³/mol. The van der Waals surface area contributed by atoms with Gasteiger partial charge in [0.2, 0.25) is 10.0 Å². The first-order valence-electron chi connectivity index (χ1n) is 8.09. The van der Waals surface area contributed by atoms with Crippen molar-refractivity contribution in [2.24, 2.45) is 0 Å². The molecule has 1 aromatic carbocycles. The lowest BCUT2D eigenvalue weighted by atomic mass is 9.93. The minimum Gasteiger partial charge on any atom is -0.481 e. The molecule has 1 saturated carbocycles. The smallest absolute Gasteiger partial charge is 0.416 e. The van der Waals surface area contributed by atoms with E-state index >= 15 is 0 Å². The summed E-state index contributed by atoms with van der Waals surface area (Å²) in [5.41, 5.74) is -0.907. The number of sulfonamides is 1. The molecule has 0 unspecified atom stereocenters. The van der Waals surface area contributed by atoms with Crippen LogP contribution >= 0.6 is 0 Å². The number of aliphatic carboxylic acids is 1. The minimum absolute atomic E-state index is 0.140. The molecule has 1 fully saturated rings. The number of carbonyl (C=O) groups is 1. The quantitative estimate of drug-likeness (QED) is 0.874. The van der Waals surface area contributed by atoms with Gasteiger partial charge >= 0.3 is 12.1 Å². The number of benzene rings is 1. The Bertz CT molecular complexity index is 785. The highest BCUT2D eigenvalue weighted by atomic mass is 32.2. The number of carboxylic acid groups (broad SMARTS) is 1. The van der Waals surface area contributed by atoms with Gasteiger partial charge in [-0.2, -0.15) is 17.5 Å². The molecule has 3 rings (SSSR count). The van der Waals surface area contributed by atoms with E-state index in [0.29, 0.717) is 18.9 Å². The molecule has 1 N–H and O–H groups in total. The molecule has 0 bridgehead atoms. The van der Waals surface area contributed by atoms with Crippen LogP contribution in [0.25, 0.3) is 0 Å². The summed E-state index contributed by atoms with van der Waals surface area (Å²) in [5.74, 6) is -1.19. The average molecular weight is 377 g/mol. The first kappa shape index (κ1) is 18.2. The number of carboxylic acids is 1. The summed E-state index contributed by atoms with van der Waals surface area (Å²) in [7, 11) is -4.15. The number of fused-ring (bicyclic) bond motifs is 1. The van der Waals surface area contributed by atoms with Crippen LogP contribution in [0.1, 0.15) is 55.7 Å². The van der Waals surface area contributed by atoms with Gasteiger partial charge in [-0.25, -0.2) is 8.42 Å². The van der Waals surface area contributed by atoms with Crippen LogP contribution < -0.4 is 0 Å². The number of rotatable bonds is 3. The zero-order chi connectivity index (χ0) is 18.4. The third-order valence-corrected chi connectivity index (χ3v) is 6.88. The largest absolute Gasteiger partial charge is 0.481 e. The van der Waals surface area contributed by atoms with Gasteiger partial charge in [0.1, 0.15) is 0 Å². The van der Waals surface area contributed by atoms with E-state index in [1.165, 1.54) is 0 Å². The van der Waals surface area contributed by atoms with Crippen molar-refractivity contribution < 1.29 is 31.5 Å². The third-order valence-electron chi connectivity index (χ3n) is 4.87. The molecule has 0 spiro atoms. The second-order valence-corrected chi connectivity index (χ2v) is 8.30. The Kier molecular flexibility index (Phi) is 4.57. The maximum absolute atomic E-state index is 13.0. The first-order chi connectivity index (χ1) is 11.6. The summed E-state index contributed by atoms with van der Waals surface area (Å²) in [6, 6.07) is 1.22. The fourth-order valence-corrected chi connectivity index (χ4v) is 5.91. The first-order valence-corrected chi connectivity index (χ1v) is 9.53. The second-order valence-electron chi connectivity index (χ2n) is 6.49. The van der Waals surface area contributed by atoms with Crippen molar-refractivity contribution in [2.45, 2.75) is 61.7 Å². The summed E-state index contributed by atoms with van der Waals surface area (Å²) in [5, 5.41) is 9.17. The topological polar surface area (TPSA) is 74.7 Å². The summed E-state index contributed by atoms with van der Waals surface area (Å²) < 4.78 is 65.9. The molecule has 0 aromatic heterocycles. The number of nitrogens with zero attached hydrogens (tertiary/aromatic N) is 1. The van der Waals surface area contributed by atoms with E-state index in [4.69, 9.17) is 5.11 Å². The van der Waals surface area contributed by atoms with E-state index in [1.807, 2.05) is 0 Å². The molecule has 1 aromatic rings. The number of hydrogen-bond acceptors (Lipinski definition) is 3. The molecular weight excluding hydrogens is 359 g/mol. The van der Waals surface area contributed by atoms with E-state index in [2.05, 4.69) is 0 Å². The Morgan fingerprint density at radius 2 is 1.84 bits per heavy atom. The molecule has 0 saturated heterocycles. The van der Waals surface area contributed by atoms with Crippen molar-refractivity contribution >= 4 is 16.0 Å². The SMILES string of the molecule is O=C(O)C[C@H]1c2ccc(C(F)(F)F)cc2S(=O)(=O)N1C1CCCCC1. The summed E-state index contributed by atoms with van der Waals surface area (Å²) in [6.07, 6.45) is -1.33.